The molecule has 1 saturated carbocycles. The van der Waals surface area contributed by atoms with Gasteiger partial charge in [0.05, 0.1) is 11.5 Å². The Labute approximate surface area is 212 Å². The molecule has 2 aromatic heterocycles. The van der Waals surface area contributed by atoms with E-state index in [4.69, 9.17) is 11.5 Å². The van der Waals surface area contributed by atoms with E-state index in [1.807, 2.05) is 25.3 Å². The lowest BCUT2D eigenvalue weighted by atomic mass is 9.56. The number of nitrogens with two attached hydrogens (primary N) is 2. The summed E-state index contributed by atoms with van der Waals surface area (Å²) in [5.74, 6) is 0.642. The summed E-state index contributed by atoms with van der Waals surface area (Å²) >= 11 is 0. The molecule has 1 aromatic carbocycles. The van der Waals surface area contributed by atoms with Gasteiger partial charge in [0.2, 0.25) is 0 Å². The number of nitrogens with one attached hydrogen (secondary N) is 2. The van der Waals surface area contributed by atoms with E-state index < -0.39 is 0 Å². The second-order valence-electron chi connectivity index (χ2n) is 11.3. The van der Waals surface area contributed by atoms with Crippen LogP contribution < -0.4 is 22.5 Å². The van der Waals surface area contributed by atoms with E-state index in [0.29, 0.717) is 23.6 Å². The SMILES string of the molecule is CCC1(N)CC(C)(c2cc3cn(-c4ccc(C5CCC[C@@H](CCN=C(C)N)N5)cc4)c(=O)nc3[nH]2)C1. The maximum absolute atomic E-state index is 12.9. The van der Waals surface area contributed by atoms with Crippen LogP contribution in [0.5, 0.6) is 0 Å². The van der Waals surface area contributed by atoms with E-state index in [2.05, 4.69) is 52.3 Å². The number of hydrogen-bond donors (Lipinski definition) is 4. The number of amidine groups is 1. The number of rotatable bonds is 7. The first kappa shape index (κ1) is 24.7. The van der Waals surface area contributed by atoms with Crippen LogP contribution in [0.2, 0.25) is 0 Å². The van der Waals surface area contributed by atoms with Crippen LogP contribution in [-0.2, 0) is 5.41 Å². The normalized spacial score (nSPS) is 28.8. The highest BCUT2D eigenvalue weighted by Gasteiger charge is 2.50. The average molecular weight is 490 g/mol. The lowest BCUT2D eigenvalue weighted by Gasteiger charge is -2.52. The topological polar surface area (TPSA) is 127 Å². The van der Waals surface area contributed by atoms with Crippen LogP contribution in [0.1, 0.15) is 83.0 Å². The summed E-state index contributed by atoms with van der Waals surface area (Å²) in [6.07, 6.45) is 9.19. The van der Waals surface area contributed by atoms with Crippen LogP contribution in [-0.4, -0.2) is 38.5 Å². The predicted molar refractivity (Wildman–Crippen MR) is 146 cm³/mol. The molecule has 192 valence electrons. The molecule has 0 amide bonds. The summed E-state index contributed by atoms with van der Waals surface area (Å²) in [7, 11) is 0. The molecule has 0 spiro atoms. The first-order chi connectivity index (χ1) is 17.2. The third-order valence-electron chi connectivity index (χ3n) is 8.24. The quantitative estimate of drug-likeness (QED) is 0.296. The Balaban J connectivity index is 1.32. The number of piperidine rings is 1. The lowest BCUT2D eigenvalue weighted by Crippen LogP contribution is -2.58. The first-order valence-electron chi connectivity index (χ1n) is 13.2. The lowest BCUT2D eigenvalue weighted by molar-refractivity contribution is 0.112. The molecule has 6 N–H and O–H groups in total. The van der Waals surface area contributed by atoms with Gasteiger partial charge in [-0.3, -0.25) is 9.56 Å². The van der Waals surface area contributed by atoms with Gasteiger partial charge in [0.25, 0.3) is 0 Å². The molecular formula is C28H39N7O. The summed E-state index contributed by atoms with van der Waals surface area (Å²) in [6, 6.07) is 11.2. The second-order valence-corrected chi connectivity index (χ2v) is 11.3. The van der Waals surface area contributed by atoms with Crippen molar-refractivity contribution >= 4 is 16.9 Å². The van der Waals surface area contributed by atoms with Crippen molar-refractivity contribution in [1.29, 1.82) is 0 Å². The second kappa shape index (κ2) is 9.48. The molecule has 1 aliphatic carbocycles. The molecule has 2 atom stereocenters. The monoisotopic (exact) mass is 489 g/mol. The van der Waals surface area contributed by atoms with E-state index in [-0.39, 0.29) is 16.6 Å². The molecule has 3 aromatic rings. The molecule has 2 fully saturated rings. The summed E-state index contributed by atoms with van der Waals surface area (Å²) in [4.78, 5) is 25.0. The third kappa shape index (κ3) is 4.84. The molecule has 2 aliphatic rings. The molecule has 8 nitrogen and oxygen atoms in total. The van der Waals surface area contributed by atoms with Gasteiger partial charge in [0.15, 0.2) is 0 Å². The Morgan fingerprint density at radius 1 is 1.25 bits per heavy atom. The van der Waals surface area contributed by atoms with E-state index in [0.717, 1.165) is 61.8 Å². The van der Waals surface area contributed by atoms with Gasteiger partial charge in [-0.25, -0.2) is 4.79 Å². The number of hydrogen-bond acceptors (Lipinski definition) is 5. The fraction of sp³-hybridized carbons (Fsp3) is 0.536. The van der Waals surface area contributed by atoms with Crippen molar-refractivity contribution in [1.82, 2.24) is 19.9 Å². The van der Waals surface area contributed by atoms with Crippen molar-refractivity contribution < 1.29 is 0 Å². The number of benzene rings is 1. The van der Waals surface area contributed by atoms with Crippen molar-refractivity contribution in [3.05, 3.63) is 58.3 Å². The summed E-state index contributed by atoms with van der Waals surface area (Å²) < 4.78 is 1.64. The van der Waals surface area contributed by atoms with Gasteiger partial charge in [-0.05, 0) is 69.2 Å². The Morgan fingerprint density at radius 2 is 2.00 bits per heavy atom. The number of aromatic nitrogens is 3. The summed E-state index contributed by atoms with van der Waals surface area (Å²) in [5, 5.41) is 4.71. The van der Waals surface area contributed by atoms with Crippen LogP contribution in [0.3, 0.4) is 0 Å². The predicted octanol–water partition coefficient (Wildman–Crippen LogP) is 3.82. The average Bonchev–Trinajstić information content (AvgIpc) is 3.26. The molecule has 1 saturated heterocycles. The number of aliphatic imine (C=N–C) groups is 1. The fourth-order valence-electron chi connectivity index (χ4n) is 6.22. The first-order valence-corrected chi connectivity index (χ1v) is 13.2. The standard InChI is InChI=1S/C28H39N7O/c1-4-28(30)16-27(3,17-28)24-14-20-15-35(26(36)34-25(20)33-24)22-10-8-19(9-11-22)23-7-5-6-21(32-23)12-13-31-18(2)29/h8-11,14-15,21,23,32H,4-7,12-13,16-17,30H2,1-3H3,(H2,29,31)(H,33,34,36)/t21-,23?,27?,28?/m0/s1. The van der Waals surface area contributed by atoms with Crippen LogP contribution >= 0.6 is 0 Å². The van der Waals surface area contributed by atoms with Crippen molar-refractivity contribution in [3.8, 4) is 5.69 Å². The van der Waals surface area contributed by atoms with Gasteiger partial charge < -0.3 is 21.8 Å². The number of nitrogens with zero attached hydrogens (tertiary/aromatic N) is 3. The molecule has 0 bridgehead atoms. The van der Waals surface area contributed by atoms with E-state index in [1.54, 1.807) is 4.57 Å². The van der Waals surface area contributed by atoms with Gasteiger partial charge in [-0.2, -0.15) is 4.98 Å². The maximum atomic E-state index is 12.9. The zero-order chi connectivity index (χ0) is 25.5. The summed E-state index contributed by atoms with van der Waals surface area (Å²) in [6.45, 7) is 6.97. The molecule has 5 rings (SSSR count). The maximum Gasteiger partial charge on any atom is 0.354 e. The van der Waals surface area contributed by atoms with Gasteiger partial charge in [0, 0.05) is 46.9 Å². The molecule has 36 heavy (non-hydrogen) atoms. The third-order valence-corrected chi connectivity index (χ3v) is 8.24. The van der Waals surface area contributed by atoms with Gasteiger partial charge in [-0.1, -0.05) is 32.4 Å². The molecule has 1 unspecified atom stereocenters. The van der Waals surface area contributed by atoms with Crippen LogP contribution in [0.15, 0.2) is 46.3 Å². The highest BCUT2D eigenvalue weighted by atomic mass is 16.1. The van der Waals surface area contributed by atoms with Crippen LogP contribution in [0.4, 0.5) is 0 Å². The zero-order valence-corrected chi connectivity index (χ0v) is 21.7. The molecule has 8 heteroatoms. The highest BCUT2D eigenvalue weighted by Crippen LogP contribution is 2.50. The summed E-state index contributed by atoms with van der Waals surface area (Å²) in [5.41, 5.74) is 15.6. The Hall–Kier alpha value is -2.97. The smallest absolute Gasteiger partial charge is 0.354 e. The highest BCUT2D eigenvalue weighted by molar-refractivity contribution is 5.77. The molecule has 3 heterocycles. The molecule has 0 radical (unpaired) electrons. The van der Waals surface area contributed by atoms with Crippen molar-refractivity contribution in [2.24, 2.45) is 16.5 Å². The Morgan fingerprint density at radius 3 is 2.69 bits per heavy atom. The van der Waals surface area contributed by atoms with E-state index in [1.165, 1.54) is 12.0 Å². The molecule has 1 aliphatic heterocycles. The number of fused-ring (bicyclic) bond motifs is 1. The Kier molecular flexibility index (Phi) is 6.51. The minimum absolute atomic E-state index is 0.00133. The van der Waals surface area contributed by atoms with Crippen molar-refractivity contribution in [3.63, 3.8) is 0 Å². The van der Waals surface area contributed by atoms with Crippen molar-refractivity contribution in [2.75, 3.05) is 6.54 Å². The fourth-order valence-corrected chi connectivity index (χ4v) is 6.22. The molecular weight excluding hydrogens is 450 g/mol. The largest absolute Gasteiger partial charge is 0.388 e. The van der Waals surface area contributed by atoms with E-state index in [9.17, 15) is 4.79 Å². The minimum Gasteiger partial charge on any atom is -0.388 e. The number of aromatic amines is 1. The van der Waals surface area contributed by atoms with Gasteiger partial charge in [-0.15, -0.1) is 0 Å². The van der Waals surface area contributed by atoms with Crippen LogP contribution in [0.25, 0.3) is 16.7 Å². The van der Waals surface area contributed by atoms with Crippen molar-refractivity contribution in [2.45, 2.75) is 88.8 Å². The van der Waals surface area contributed by atoms with Gasteiger partial charge >= 0.3 is 5.69 Å². The van der Waals surface area contributed by atoms with Gasteiger partial charge in [0.1, 0.15) is 5.65 Å². The Bertz CT molecular complexity index is 1310. The number of H-pyrrole nitrogens is 1. The van der Waals surface area contributed by atoms with E-state index >= 15 is 0 Å². The minimum atomic E-state index is -0.282. The van der Waals surface area contributed by atoms with Crippen LogP contribution in [0, 0.1) is 0 Å². The zero-order valence-electron chi connectivity index (χ0n) is 21.7.